The van der Waals surface area contributed by atoms with Crippen molar-refractivity contribution in [3.05, 3.63) is 40.7 Å². The largest absolute Gasteiger partial charge is 0.465 e. The van der Waals surface area contributed by atoms with Gasteiger partial charge in [0.25, 0.3) is 0 Å². The van der Waals surface area contributed by atoms with Crippen LogP contribution >= 0.6 is 0 Å². The molecule has 6 nitrogen and oxygen atoms in total. The fourth-order valence-electron chi connectivity index (χ4n) is 4.16. The molecule has 0 N–H and O–H groups in total. The van der Waals surface area contributed by atoms with Crippen molar-refractivity contribution in [2.45, 2.75) is 52.7 Å². The molecule has 5 heterocycles. The number of rotatable bonds is 4. The van der Waals surface area contributed by atoms with Gasteiger partial charge in [0, 0.05) is 24.7 Å². The maximum atomic E-state index is 13.0. The molecule has 3 aliphatic heterocycles. The van der Waals surface area contributed by atoms with Gasteiger partial charge in [-0.1, -0.05) is 5.16 Å². The van der Waals surface area contributed by atoms with Crippen LogP contribution in [0.2, 0.25) is 0 Å². The first-order valence-electron chi connectivity index (χ1n) is 9.01. The number of nitrogens with zero attached hydrogens (tertiary/aromatic N) is 3. The summed E-state index contributed by atoms with van der Waals surface area (Å²) in [5, 5.41) is 4.03. The van der Waals surface area contributed by atoms with Crippen molar-refractivity contribution < 1.29 is 13.7 Å². The number of aromatic nitrogens is 1. The molecule has 2 aromatic rings. The Morgan fingerprint density at radius 1 is 1.16 bits per heavy atom. The van der Waals surface area contributed by atoms with Crippen molar-refractivity contribution in [3.8, 4) is 0 Å². The van der Waals surface area contributed by atoms with Gasteiger partial charge >= 0.3 is 0 Å². The first kappa shape index (κ1) is 16.4. The highest BCUT2D eigenvalue weighted by Gasteiger charge is 2.41. The number of hydrogen-bond donors (Lipinski definition) is 0. The van der Waals surface area contributed by atoms with Gasteiger partial charge in [-0.05, 0) is 45.7 Å². The van der Waals surface area contributed by atoms with Gasteiger partial charge in [0.15, 0.2) is 0 Å². The van der Waals surface area contributed by atoms with Crippen LogP contribution in [0.4, 0.5) is 0 Å². The topological polar surface area (TPSA) is 62.7 Å². The zero-order valence-corrected chi connectivity index (χ0v) is 15.1. The maximum Gasteiger partial charge on any atom is 0.227 e. The second kappa shape index (κ2) is 6.33. The molecule has 6 heteroatoms. The molecule has 2 unspecified atom stereocenters. The summed E-state index contributed by atoms with van der Waals surface area (Å²) in [5.74, 6) is 3.07. The summed E-state index contributed by atoms with van der Waals surface area (Å²) in [6, 6.07) is 4.28. The highest BCUT2D eigenvalue weighted by atomic mass is 16.5. The summed E-state index contributed by atoms with van der Waals surface area (Å²) in [6.07, 6.45) is 2.04. The van der Waals surface area contributed by atoms with Crippen molar-refractivity contribution in [2.75, 3.05) is 13.1 Å². The normalized spacial score (nSPS) is 24.1. The smallest absolute Gasteiger partial charge is 0.227 e. The molecule has 3 saturated heterocycles. The maximum absolute atomic E-state index is 13.0. The number of carbonyl (C=O) groups is 1. The summed E-state index contributed by atoms with van der Waals surface area (Å²) in [7, 11) is 0. The second-order valence-electron chi connectivity index (χ2n) is 7.40. The number of carbonyl (C=O) groups excluding carboxylic acids is 1. The summed E-state index contributed by atoms with van der Waals surface area (Å²) in [4.78, 5) is 17.4. The van der Waals surface area contributed by atoms with Crippen LogP contribution in [-0.4, -0.2) is 40.0 Å². The van der Waals surface area contributed by atoms with Gasteiger partial charge in [-0.15, -0.1) is 0 Å². The number of fused-ring (bicyclic) bond motifs is 4. The molecule has 134 valence electrons. The van der Waals surface area contributed by atoms with Crippen molar-refractivity contribution in [1.82, 2.24) is 15.0 Å². The number of aryl methyl sites for hydroxylation is 3. The molecule has 3 aliphatic rings. The summed E-state index contributed by atoms with van der Waals surface area (Å²) >= 11 is 0. The Kier molecular flexibility index (Phi) is 4.15. The van der Waals surface area contributed by atoms with Crippen LogP contribution in [0.15, 0.2) is 21.1 Å². The number of amides is 1. The lowest BCUT2D eigenvalue weighted by atomic mass is 9.93. The molecule has 0 spiro atoms. The first-order valence-corrected chi connectivity index (χ1v) is 9.01. The van der Waals surface area contributed by atoms with Crippen LogP contribution < -0.4 is 0 Å². The first-order chi connectivity index (χ1) is 12.0. The average molecular weight is 343 g/mol. The van der Waals surface area contributed by atoms with Gasteiger partial charge in [0.2, 0.25) is 5.91 Å². The van der Waals surface area contributed by atoms with E-state index in [1.54, 1.807) is 0 Å². The zero-order chi connectivity index (χ0) is 17.6. The average Bonchev–Trinajstić information content (AvgIpc) is 3.00. The highest BCUT2D eigenvalue weighted by Crippen LogP contribution is 2.32. The molecule has 2 aromatic heterocycles. The predicted molar refractivity (Wildman–Crippen MR) is 91.8 cm³/mol. The minimum atomic E-state index is 0.0790. The zero-order valence-electron chi connectivity index (χ0n) is 15.1. The molecule has 2 atom stereocenters. The van der Waals surface area contributed by atoms with Gasteiger partial charge < -0.3 is 13.8 Å². The molecular weight excluding hydrogens is 318 g/mol. The lowest BCUT2D eigenvalue weighted by Gasteiger charge is -2.36. The Balaban J connectivity index is 1.52. The van der Waals surface area contributed by atoms with Crippen LogP contribution in [0.25, 0.3) is 0 Å². The Hall–Kier alpha value is -2.08. The summed E-state index contributed by atoms with van der Waals surface area (Å²) < 4.78 is 11.0. The van der Waals surface area contributed by atoms with Crippen molar-refractivity contribution in [3.63, 3.8) is 0 Å². The van der Waals surface area contributed by atoms with E-state index in [-0.39, 0.29) is 17.9 Å². The monoisotopic (exact) mass is 343 g/mol. The number of furan rings is 1. The molecule has 1 amide bonds. The van der Waals surface area contributed by atoms with Crippen LogP contribution in [0.3, 0.4) is 0 Å². The molecule has 3 fully saturated rings. The summed E-state index contributed by atoms with van der Waals surface area (Å²) in [5.41, 5.74) is 1.93. The standard InChI is InChI=1S/C19H25N3O3/c1-12-4-7-17(24-12)10-21-8-15-5-6-16(9-21)22(19(15)23)11-18-13(2)20-25-14(18)3/h4,7,15-16H,5-6,8-11H2,1-3H3. The van der Waals surface area contributed by atoms with Crippen LogP contribution in [0.5, 0.6) is 0 Å². The van der Waals surface area contributed by atoms with Crippen molar-refractivity contribution in [2.24, 2.45) is 5.92 Å². The van der Waals surface area contributed by atoms with Gasteiger partial charge in [-0.3, -0.25) is 9.69 Å². The minimum absolute atomic E-state index is 0.0790. The fourth-order valence-corrected chi connectivity index (χ4v) is 4.16. The Morgan fingerprint density at radius 2 is 2.00 bits per heavy atom. The molecule has 2 bridgehead atoms. The lowest BCUT2D eigenvalue weighted by molar-refractivity contribution is -0.140. The second-order valence-corrected chi connectivity index (χ2v) is 7.40. The van der Waals surface area contributed by atoms with Crippen LogP contribution in [0, 0.1) is 26.7 Å². The molecule has 0 aromatic carbocycles. The molecule has 0 radical (unpaired) electrons. The third-order valence-corrected chi connectivity index (χ3v) is 5.55. The third kappa shape index (κ3) is 3.11. The van der Waals surface area contributed by atoms with E-state index in [2.05, 4.69) is 10.1 Å². The van der Waals surface area contributed by atoms with E-state index in [0.717, 1.165) is 61.0 Å². The van der Waals surface area contributed by atoms with E-state index in [1.807, 2.05) is 37.8 Å². The Bertz CT molecular complexity index is 759. The molecule has 25 heavy (non-hydrogen) atoms. The predicted octanol–water partition coefficient (Wildman–Crippen LogP) is 2.82. The van der Waals surface area contributed by atoms with E-state index in [1.165, 1.54) is 0 Å². The minimum Gasteiger partial charge on any atom is -0.465 e. The SMILES string of the molecule is Cc1ccc(CN2CC3CCC(C2)N(Cc2c(C)noc2C)C3=O)o1. The Morgan fingerprint density at radius 3 is 2.68 bits per heavy atom. The van der Waals surface area contributed by atoms with Gasteiger partial charge in [0.1, 0.15) is 17.3 Å². The molecule has 0 saturated carbocycles. The summed E-state index contributed by atoms with van der Waals surface area (Å²) in [6.45, 7) is 8.91. The Labute approximate surface area is 147 Å². The highest BCUT2D eigenvalue weighted by molar-refractivity contribution is 5.80. The van der Waals surface area contributed by atoms with Crippen molar-refractivity contribution in [1.29, 1.82) is 0 Å². The van der Waals surface area contributed by atoms with Crippen LogP contribution in [0.1, 0.15) is 41.4 Å². The van der Waals surface area contributed by atoms with Gasteiger partial charge in [0.05, 0.1) is 24.7 Å². The van der Waals surface area contributed by atoms with Crippen molar-refractivity contribution >= 4 is 5.91 Å². The van der Waals surface area contributed by atoms with Gasteiger partial charge in [-0.2, -0.15) is 0 Å². The molecular formula is C19H25N3O3. The van der Waals surface area contributed by atoms with E-state index >= 15 is 0 Å². The number of hydrogen-bond acceptors (Lipinski definition) is 5. The third-order valence-electron chi connectivity index (χ3n) is 5.55. The van der Waals surface area contributed by atoms with E-state index < -0.39 is 0 Å². The lowest BCUT2D eigenvalue weighted by Crippen LogP contribution is -2.47. The van der Waals surface area contributed by atoms with Gasteiger partial charge in [-0.25, -0.2) is 0 Å². The quantitative estimate of drug-likeness (QED) is 0.854. The molecule has 5 rings (SSSR count). The van der Waals surface area contributed by atoms with E-state index in [0.29, 0.717) is 6.54 Å². The number of piperidine rings is 1. The van der Waals surface area contributed by atoms with E-state index in [9.17, 15) is 4.79 Å². The van der Waals surface area contributed by atoms with E-state index in [4.69, 9.17) is 8.94 Å². The fraction of sp³-hybridized carbons (Fsp3) is 0.579. The molecule has 0 aliphatic carbocycles. The van der Waals surface area contributed by atoms with Crippen LogP contribution in [-0.2, 0) is 17.9 Å².